The standard InChI is InChI=1S/C28H27F2N7O/c1-15-4-3-5-22-25(15)35-28(34-22)24-26(17-11-33-36(2)13-17)32-12-20(16-8-18(29)10-19(30)9-16)27(24)37-7-6-21(31)23(38)14-37/h3-5,8-13,21,23,38H,6-7,14,31H2,1-2H3,(H,34,35)/t21-,23+/m1/s1. The molecule has 1 aliphatic heterocycles. The number of hydrogen-bond donors (Lipinski definition) is 3. The lowest BCUT2D eigenvalue weighted by Crippen LogP contribution is -2.50. The normalized spacial score (nSPS) is 17.9. The van der Waals surface area contributed by atoms with Crippen molar-refractivity contribution in [1.29, 1.82) is 0 Å². The minimum atomic E-state index is -0.776. The number of piperidine rings is 1. The highest BCUT2D eigenvalue weighted by Gasteiger charge is 2.31. The molecule has 5 aromatic rings. The van der Waals surface area contributed by atoms with Gasteiger partial charge >= 0.3 is 0 Å². The van der Waals surface area contributed by atoms with Gasteiger partial charge in [-0.25, -0.2) is 13.8 Å². The van der Waals surface area contributed by atoms with E-state index in [1.165, 1.54) is 12.1 Å². The molecule has 4 N–H and O–H groups in total. The highest BCUT2D eigenvalue weighted by Crippen LogP contribution is 2.45. The Morgan fingerprint density at radius 3 is 2.58 bits per heavy atom. The van der Waals surface area contributed by atoms with E-state index < -0.39 is 17.7 Å². The van der Waals surface area contributed by atoms with E-state index in [1.807, 2.05) is 43.3 Å². The van der Waals surface area contributed by atoms with Gasteiger partial charge in [0.15, 0.2) is 0 Å². The van der Waals surface area contributed by atoms with Crippen LogP contribution in [0.4, 0.5) is 14.5 Å². The van der Waals surface area contributed by atoms with Crippen molar-refractivity contribution in [3.05, 3.63) is 72.2 Å². The largest absolute Gasteiger partial charge is 0.390 e. The van der Waals surface area contributed by atoms with Crippen molar-refractivity contribution in [3.8, 4) is 33.8 Å². The molecule has 4 heterocycles. The van der Waals surface area contributed by atoms with Gasteiger partial charge in [0.05, 0.1) is 40.3 Å². The number of anilines is 1. The first-order valence-corrected chi connectivity index (χ1v) is 12.4. The summed E-state index contributed by atoms with van der Waals surface area (Å²) in [7, 11) is 1.82. The number of rotatable bonds is 4. The Hall–Kier alpha value is -4.15. The van der Waals surface area contributed by atoms with Crippen molar-refractivity contribution in [1.82, 2.24) is 24.7 Å². The van der Waals surface area contributed by atoms with Gasteiger partial charge in [-0.3, -0.25) is 9.67 Å². The van der Waals surface area contributed by atoms with Gasteiger partial charge < -0.3 is 20.7 Å². The lowest BCUT2D eigenvalue weighted by atomic mass is 9.94. The van der Waals surface area contributed by atoms with Crippen molar-refractivity contribution in [2.45, 2.75) is 25.5 Å². The molecule has 0 unspecified atom stereocenters. The van der Waals surface area contributed by atoms with Crippen LogP contribution in [-0.2, 0) is 7.05 Å². The third-order valence-corrected chi connectivity index (χ3v) is 7.10. The van der Waals surface area contributed by atoms with Gasteiger partial charge in [0.25, 0.3) is 0 Å². The van der Waals surface area contributed by atoms with Crippen LogP contribution >= 0.6 is 0 Å². The van der Waals surface area contributed by atoms with Crippen molar-refractivity contribution in [3.63, 3.8) is 0 Å². The van der Waals surface area contributed by atoms with Gasteiger partial charge in [0, 0.05) is 55.8 Å². The molecule has 194 valence electrons. The maximum atomic E-state index is 14.4. The SMILES string of the molecule is Cc1cccc2[nH]c(-c3c(-c4cnn(C)c4)ncc(-c4cc(F)cc(F)c4)c3N3CC[C@@H](N)[C@@H](O)C3)nc12. The van der Waals surface area contributed by atoms with Crippen molar-refractivity contribution in [2.75, 3.05) is 18.0 Å². The first kappa shape index (κ1) is 24.2. The number of halogens is 2. The predicted molar refractivity (Wildman–Crippen MR) is 142 cm³/mol. The second-order valence-electron chi connectivity index (χ2n) is 9.83. The van der Waals surface area contributed by atoms with E-state index >= 15 is 0 Å². The number of nitrogens with zero attached hydrogens (tertiary/aromatic N) is 5. The van der Waals surface area contributed by atoms with Crippen LogP contribution in [0.25, 0.3) is 44.8 Å². The molecule has 1 fully saturated rings. The molecule has 0 radical (unpaired) electrons. The Kier molecular flexibility index (Phi) is 5.93. The number of aromatic nitrogens is 5. The third-order valence-electron chi connectivity index (χ3n) is 7.10. The van der Waals surface area contributed by atoms with Crippen LogP contribution in [0.1, 0.15) is 12.0 Å². The number of aliphatic hydroxyl groups excluding tert-OH is 1. The Morgan fingerprint density at radius 1 is 1.11 bits per heavy atom. The Balaban J connectivity index is 1.69. The number of hydrogen-bond acceptors (Lipinski definition) is 6. The molecule has 2 aromatic carbocycles. The maximum absolute atomic E-state index is 14.4. The van der Waals surface area contributed by atoms with Crippen LogP contribution in [0.15, 0.2) is 55.0 Å². The average Bonchev–Trinajstić information content (AvgIpc) is 3.51. The van der Waals surface area contributed by atoms with Gasteiger partial charge in [-0.05, 0) is 42.7 Å². The van der Waals surface area contributed by atoms with Gasteiger partial charge in [-0.1, -0.05) is 12.1 Å². The van der Waals surface area contributed by atoms with Crippen LogP contribution in [0.3, 0.4) is 0 Å². The minimum absolute atomic E-state index is 0.245. The van der Waals surface area contributed by atoms with E-state index in [9.17, 15) is 13.9 Å². The highest BCUT2D eigenvalue weighted by atomic mass is 19.1. The fourth-order valence-corrected chi connectivity index (χ4v) is 5.18. The number of para-hydroxylation sites is 1. The number of aliphatic hydroxyl groups is 1. The fraction of sp³-hybridized carbons (Fsp3) is 0.250. The monoisotopic (exact) mass is 515 g/mol. The molecule has 8 nitrogen and oxygen atoms in total. The van der Waals surface area contributed by atoms with Gasteiger partial charge in [0.2, 0.25) is 0 Å². The quantitative estimate of drug-likeness (QED) is 0.331. The van der Waals surface area contributed by atoms with Crippen molar-refractivity contribution >= 4 is 16.7 Å². The lowest BCUT2D eigenvalue weighted by molar-refractivity contribution is 0.132. The summed E-state index contributed by atoms with van der Waals surface area (Å²) in [5.74, 6) is -0.827. The number of β-amino-alcohol motifs (C(OH)–C–C–N with tert-alkyl or cyclic N) is 1. The molecule has 1 saturated heterocycles. The van der Waals surface area contributed by atoms with Gasteiger partial charge in [-0.15, -0.1) is 0 Å². The van der Waals surface area contributed by atoms with E-state index in [1.54, 1.807) is 17.1 Å². The summed E-state index contributed by atoms with van der Waals surface area (Å²) in [6, 6.07) is 8.94. The minimum Gasteiger partial charge on any atom is -0.390 e. The molecule has 1 aliphatic rings. The van der Waals surface area contributed by atoms with E-state index in [2.05, 4.69) is 10.1 Å². The van der Waals surface area contributed by atoms with Crippen LogP contribution in [-0.4, -0.2) is 55.1 Å². The predicted octanol–water partition coefficient (Wildman–Crippen LogP) is 4.18. The van der Waals surface area contributed by atoms with E-state index in [-0.39, 0.29) is 12.6 Å². The zero-order chi connectivity index (χ0) is 26.6. The van der Waals surface area contributed by atoms with Crippen LogP contribution in [0.2, 0.25) is 0 Å². The number of aromatic amines is 1. The fourth-order valence-electron chi connectivity index (χ4n) is 5.18. The summed E-state index contributed by atoms with van der Waals surface area (Å²) in [4.78, 5) is 15.2. The molecular formula is C28H27F2N7O. The highest BCUT2D eigenvalue weighted by molar-refractivity contribution is 5.97. The van der Waals surface area contributed by atoms with Crippen molar-refractivity contribution < 1.29 is 13.9 Å². The first-order valence-electron chi connectivity index (χ1n) is 12.4. The topological polar surface area (TPSA) is 109 Å². The Bertz CT molecular complexity index is 1640. The Morgan fingerprint density at radius 2 is 1.89 bits per heavy atom. The smallest absolute Gasteiger partial charge is 0.142 e. The van der Waals surface area contributed by atoms with Gasteiger partial charge in [0.1, 0.15) is 17.5 Å². The molecule has 0 amide bonds. The van der Waals surface area contributed by atoms with Crippen molar-refractivity contribution in [2.24, 2.45) is 12.8 Å². The molecule has 38 heavy (non-hydrogen) atoms. The van der Waals surface area contributed by atoms with E-state index in [4.69, 9.17) is 15.7 Å². The molecule has 0 saturated carbocycles. The number of fused-ring (bicyclic) bond motifs is 1. The summed E-state index contributed by atoms with van der Waals surface area (Å²) >= 11 is 0. The number of H-pyrrole nitrogens is 1. The summed E-state index contributed by atoms with van der Waals surface area (Å²) < 4.78 is 30.5. The summed E-state index contributed by atoms with van der Waals surface area (Å²) in [5, 5.41) is 15.1. The summed E-state index contributed by atoms with van der Waals surface area (Å²) in [5.41, 5.74) is 12.3. The number of pyridine rings is 1. The number of nitrogens with two attached hydrogens (primary N) is 1. The molecule has 0 spiro atoms. The average molecular weight is 516 g/mol. The Labute approximate surface area is 217 Å². The second kappa shape index (κ2) is 9.30. The first-order chi connectivity index (χ1) is 18.3. The summed E-state index contributed by atoms with van der Waals surface area (Å²) in [6.45, 7) is 2.77. The van der Waals surface area contributed by atoms with E-state index in [0.29, 0.717) is 46.9 Å². The molecule has 0 bridgehead atoms. The van der Waals surface area contributed by atoms with Crippen LogP contribution in [0.5, 0.6) is 0 Å². The van der Waals surface area contributed by atoms with E-state index in [0.717, 1.165) is 28.2 Å². The number of nitrogens with one attached hydrogen (secondary N) is 1. The third kappa shape index (κ3) is 4.21. The molecular weight excluding hydrogens is 488 g/mol. The number of benzene rings is 2. The second-order valence-corrected chi connectivity index (χ2v) is 9.83. The molecule has 3 aromatic heterocycles. The number of imidazole rings is 1. The molecule has 6 rings (SSSR count). The lowest BCUT2D eigenvalue weighted by Gasteiger charge is -2.38. The molecule has 2 atom stereocenters. The van der Waals surface area contributed by atoms with Gasteiger partial charge in [-0.2, -0.15) is 5.10 Å². The molecule has 10 heteroatoms. The summed E-state index contributed by atoms with van der Waals surface area (Å²) in [6.07, 6.45) is 4.95. The number of aryl methyl sites for hydroxylation is 2. The zero-order valence-corrected chi connectivity index (χ0v) is 21.0. The van der Waals surface area contributed by atoms with Crippen LogP contribution in [0, 0.1) is 18.6 Å². The van der Waals surface area contributed by atoms with Crippen LogP contribution < -0.4 is 10.6 Å². The maximum Gasteiger partial charge on any atom is 0.142 e. The molecule has 0 aliphatic carbocycles. The zero-order valence-electron chi connectivity index (χ0n) is 21.0.